The predicted molar refractivity (Wildman–Crippen MR) is 103 cm³/mol. The first-order valence-corrected chi connectivity index (χ1v) is 10.1. The van der Waals surface area contributed by atoms with Crippen LogP contribution in [0.5, 0.6) is 0 Å². The Morgan fingerprint density at radius 2 is 2.00 bits per heavy atom. The summed E-state index contributed by atoms with van der Waals surface area (Å²) in [5.41, 5.74) is -0.348. The molecule has 0 aliphatic heterocycles. The van der Waals surface area contributed by atoms with E-state index in [2.05, 4.69) is 15.6 Å². The van der Waals surface area contributed by atoms with E-state index in [1.165, 1.54) is 7.11 Å². The first kappa shape index (κ1) is 20.8. The summed E-state index contributed by atoms with van der Waals surface area (Å²) in [6.45, 7) is 6.60. The number of aromatic nitrogens is 1. The minimum atomic E-state index is -0.348. The molecule has 2 N–H and O–H groups in total. The van der Waals surface area contributed by atoms with Gasteiger partial charge in [-0.15, -0.1) is 11.3 Å². The van der Waals surface area contributed by atoms with Gasteiger partial charge >= 0.3 is 0 Å². The van der Waals surface area contributed by atoms with E-state index in [4.69, 9.17) is 4.74 Å². The van der Waals surface area contributed by atoms with Crippen LogP contribution >= 0.6 is 11.3 Å². The molecule has 1 aliphatic carbocycles. The Morgan fingerprint density at radius 1 is 1.31 bits per heavy atom. The number of rotatable bonds is 7. The highest BCUT2D eigenvalue weighted by Gasteiger charge is 2.31. The maximum atomic E-state index is 12.0. The third kappa shape index (κ3) is 6.06. The molecule has 146 valence electrons. The smallest absolute Gasteiger partial charge is 0.246 e. The molecule has 26 heavy (non-hydrogen) atoms. The van der Waals surface area contributed by atoms with Gasteiger partial charge in [0.05, 0.1) is 6.04 Å². The molecule has 1 unspecified atom stereocenters. The van der Waals surface area contributed by atoms with Crippen LogP contribution in [-0.4, -0.2) is 37.1 Å². The van der Waals surface area contributed by atoms with Gasteiger partial charge in [0.2, 0.25) is 11.8 Å². The molecule has 0 radical (unpaired) electrons. The van der Waals surface area contributed by atoms with Crippen molar-refractivity contribution in [3.05, 3.63) is 16.6 Å². The fraction of sp³-hybridized carbons (Fsp3) is 0.737. The molecule has 1 heterocycles. The molecule has 0 aromatic carbocycles. The first-order chi connectivity index (χ1) is 12.3. The van der Waals surface area contributed by atoms with Gasteiger partial charge in [0.15, 0.2) is 0 Å². The van der Waals surface area contributed by atoms with Crippen LogP contribution in [0.3, 0.4) is 0 Å². The molecular weight excluding hydrogens is 350 g/mol. The lowest BCUT2D eigenvalue weighted by atomic mass is 9.78. The third-order valence-electron chi connectivity index (χ3n) is 4.90. The molecule has 1 atom stereocenters. The number of thiazole rings is 1. The lowest BCUT2D eigenvalue weighted by Crippen LogP contribution is -2.40. The summed E-state index contributed by atoms with van der Waals surface area (Å²) in [6.07, 6.45) is 5.93. The van der Waals surface area contributed by atoms with Crippen LogP contribution in [0.1, 0.15) is 57.5 Å². The average molecular weight is 382 g/mol. The largest absolute Gasteiger partial charge is 0.375 e. The maximum Gasteiger partial charge on any atom is 0.246 e. The second-order valence-corrected chi connectivity index (χ2v) is 9.02. The van der Waals surface area contributed by atoms with Gasteiger partial charge in [-0.25, -0.2) is 4.98 Å². The Bertz CT molecular complexity index is 575. The Balaban J connectivity index is 1.88. The second kappa shape index (κ2) is 9.46. The van der Waals surface area contributed by atoms with Crippen LogP contribution in [0, 0.1) is 17.3 Å². The second-order valence-electron chi connectivity index (χ2n) is 8.09. The van der Waals surface area contributed by atoms with Crippen molar-refractivity contribution in [1.82, 2.24) is 15.6 Å². The monoisotopic (exact) mass is 381 g/mol. The van der Waals surface area contributed by atoms with Crippen molar-refractivity contribution in [2.75, 3.05) is 20.3 Å². The molecule has 1 aliphatic rings. The Morgan fingerprint density at radius 3 is 2.54 bits per heavy atom. The molecule has 2 amide bonds. The normalized spacial score (nSPS) is 21.8. The molecular formula is C19H31N3O3S. The van der Waals surface area contributed by atoms with Crippen molar-refractivity contribution in [2.45, 2.75) is 52.5 Å². The van der Waals surface area contributed by atoms with Crippen LogP contribution in [0.2, 0.25) is 0 Å². The van der Waals surface area contributed by atoms with E-state index in [0.29, 0.717) is 11.8 Å². The average Bonchev–Trinajstić information content (AvgIpc) is 3.12. The van der Waals surface area contributed by atoms with E-state index < -0.39 is 0 Å². The topological polar surface area (TPSA) is 80.3 Å². The van der Waals surface area contributed by atoms with Gasteiger partial charge in [0.25, 0.3) is 0 Å². The minimum absolute atomic E-state index is 0.0530. The van der Waals surface area contributed by atoms with Crippen LogP contribution in [0.25, 0.3) is 0 Å². The number of hydrogen-bond acceptors (Lipinski definition) is 5. The van der Waals surface area contributed by atoms with Crippen molar-refractivity contribution in [2.24, 2.45) is 17.3 Å². The fourth-order valence-corrected chi connectivity index (χ4v) is 4.12. The zero-order valence-corrected chi connectivity index (χ0v) is 17.0. The molecule has 7 heteroatoms. The summed E-state index contributed by atoms with van der Waals surface area (Å²) in [4.78, 5) is 28.5. The van der Waals surface area contributed by atoms with E-state index in [-0.39, 0.29) is 29.9 Å². The number of carbonyl (C=O) groups excluding carboxylic acids is 2. The zero-order chi connectivity index (χ0) is 19.2. The maximum absolute atomic E-state index is 12.0. The van der Waals surface area contributed by atoms with E-state index in [9.17, 15) is 9.59 Å². The summed E-state index contributed by atoms with van der Waals surface area (Å²) in [5, 5.41) is 9.07. The van der Waals surface area contributed by atoms with Gasteiger partial charge < -0.3 is 15.4 Å². The molecule has 0 saturated heterocycles. The van der Waals surface area contributed by atoms with Crippen molar-refractivity contribution in [3.8, 4) is 0 Å². The highest BCUT2D eigenvalue weighted by Crippen LogP contribution is 2.37. The quantitative estimate of drug-likeness (QED) is 0.761. The summed E-state index contributed by atoms with van der Waals surface area (Å²) in [7, 11) is 1.52. The minimum Gasteiger partial charge on any atom is -0.375 e. The number of nitrogens with one attached hydrogen (secondary N) is 2. The van der Waals surface area contributed by atoms with Crippen molar-refractivity contribution >= 4 is 23.2 Å². The third-order valence-corrected chi connectivity index (χ3v) is 5.76. The summed E-state index contributed by atoms with van der Waals surface area (Å²) in [6, 6.07) is -0.0530. The van der Waals surface area contributed by atoms with Gasteiger partial charge in [-0.3, -0.25) is 9.59 Å². The van der Waals surface area contributed by atoms with E-state index in [1.54, 1.807) is 17.5 Å². The standard InChI is InChI=1S/C19H31N3O3S/c1-19(2,3)18(24)21-11-13-5-7-14(8-6-13)16(17-20-9-10-26-17)22-15(23)12-25-4/h9-10,13-14,16H,5-8,11-12H2,1-4H3,(H,21,24)(H,22,23). The molecule has 1 saturated carbocycles. The molecule has 1 fully saturated rings. The molecule has 6 nitrogen and oxygen atoms in total. The van der Waals surface area contributed by atoms with Gasteiger partial charge in [-0.1, -0.05) is 20.8 Å². The van der Waals surface area contributed by atoms with E-state index in [1.807, 2.05) is 26.2 Å². The summed E-state index contributed by atoms with van der Waals surface area (Å²) < 4.78 is 4.94. The van der Waals surface area contributed by atoms with E-state index >= 15 is 0 Å². The molecule has 0 spiro atoms. The van der Waals surface area contributed by atoms with Crippen LogP contribution < -0.4 is 10.6 Å². The lowest BCUT2D eigenvalue weighted by Gasteiger charge is -2.34. The van der Waals surface area contributed by atoms with Crippen LogP contribution in [-0.2, 0) is 14.3 Å². The van der Waals surface area contributed by atoms with Gasteiger partial charge in [-0.2, -0.15) is 0 Å². The summed E-state index contributed by atoms with van der Waals surface area (Å²) in [5.74, 6) is 0.875. The number of hydrogen-bond donors (Lipinski definition) is 2. The number of nitrogens with zero attached hydrogens (tertiary/aromatic N) is 1. The Hall–Kier alpha value is -1.47. The molecule has 0 bridgehead atoms. The Kier molecular flexibility index (Phi) is 7.58. The number of amides is 2. The number of ether oxygens (including phenoxy) is 1. The summed E-state index contributed by atoms with van der Waals surface area (Å²) >= 11 is 1.58. The van der Waals surface area contributed by atoms with Crippen molar-refractivity contribution in [3.63, 3.8) is 0 Å². The van der Waals surface area contributed by atoms with Crippen LogP contribution in [0.15, 0.2) is 11.6 Å². The number of carbonyl (C=O) groups is 2. The molecule has 1 aromatic rings. The van der Waals surface area contributed by atoms with Gasteiger partial charge in [0, 0.05) is 30.6 Å². The molecule has 1 aromatic heterocycles. The van der Waals surface area contributed by atoms with Crippen molar-refractivity contribution < 1.29 is 14.3 Å². The number of methoxy groups -OCH3 is 1. The predicted octanol–water partition coefficient (Wildman–Crippen LogP) is 2.92. The lowest BCUT2D eigenvalue weighted by molar-refractivity contribution is -0.129. The Labute approximate surface area is 160 Å². The highest BCUT2D eigenvalue weighted by atomic mass is 32.1. The SMILES string of the molecule is COCC(=O)NC(c1nccs1)C1CCC(CNC(=O)C(C)(C)C)CC1. The van der Waals surface area contributed by atoms with Crippen molar-refractivity contribution in [1.29, 1.82) is 0 Å². The zero-order valence-electron chi connectivity index (χ0n) is 16.2. The van der Waals surface area contributed by atoms with Gasteiger partial charge in [0.1, 0.15) is 11.6 Å². The fourth-order valence-electron chi connectivity index (χ4n) is 3.34. The highest BCUT2D eigenvalue weighted by molar-refractivity contribution is 7.09. The van der Waals surface area contributed by atoms with E-state index in [0.717, 1.165) is 37.2 Å². The van der Waals surface area contributed by atoms with Gasteiger partial charge in [-0.05, 0) is 37.5 Å². The first-order valence-electron chi connectivity index (χ1n) is 9.27. The van der Waals surface area contributed by atoms with Crippen LogP contribution in [0.4, 0.5) is 0 Å². The molecule has 2 rings (SSSR count).